The van der Waals surface area contributed by atoms with Gasteiger partial charge in [-0.15, -0.1) is 11.3 Å². The Morgan fingerprint density at radius 3 is 2.72 bits per heavy atom. The van der Waals surface area contributed by atoms with Gasteiger partial charge in [0.2, 0.25) is 0 Å². The zero-order valence-corrected chi connectivity index (χ0v) is 15.4. The van der Waals surface area contributed by atoms with Crippen molar-refractivity contribution >= 4 is 23.2 Å². The molecule has 0 radical (unpaired) electrons. The molecule has 0 bridgehead atoms. The van der Waals surface area contributed by atoms with Gasteiger partial charge in [-0.3, -0.25) is 9.59 Å². The second-order valence-electron chi connectivity index (χ2n) is 5.91. The lowest BCUT2D eigenvalue weighted by Gasteiger charge is -2.26. The zero-order valence-electron chi connectivity index (χ0n) is 14.6. The first-order valence-corrected chi connectivity index (χ1v) is 8.91. The van der Waals surface area contributed by atoms with E-state index in [0.29, 0.717) is 17.9 Å². The highest BCUT2D eigenvalue weighted by molar-refractivity contribution is 7.09. The lowest BCUT2D eigenvalue weighted by molar-refractivity contribution is -0.137. The Balaban J connectivity index is 2.07. The third-order valence-corrected chi connectivity index (χ3v) is 4.41. The van der Waals surface area contributed by atoms with Crippen LogP contribution in [0, 0.1) is 6.92 Å². The maximum absolute atomic E-state index is 12.7. The third kappa shape index (κ3) is 5.56. The average Bonchev–Trinajstić information content (AvgIpc) is 2.98. The van der Waals surface area contributed by atoms with E-state index in [1.807, 2.05) is 26.2 Å². The number of aromatic nitrogens is 1. The van der Waals surface area contributed by atoms with Gasteiger partial charge in [0, 0.05) is 23.5 Å². The van der Waals surface area contributed by atoms with E-state index in [9.17, 15) is 9.59 Å². The number of aryl methyl sites for hydroxylation is 1. The van der Waals surface area contributed by atoms with Crippen molar-refractivity contribution in [1.29, 1.82) is 0 Å². The van der Waals surface area contributed by atoms with Crippen LogP contribution in [0.4, 0.5) is 0 Å². The predicted molar refractivity (Wildman–Crippen MR) is 96.1 cm³/mol. The van der Waals surface area contributed by atoms with Crippen molar-refractivity contribution in [2.75, 3.05) is 6.54 Å². The average molecular weight is 362 g/mol. The van der Waals surface area contributed by atoms with Gasteiger partial charge in [0.25, 0.3) is 5.91 Å². The van der Waals surface area contributed by atoms with Crippen molar-refractivity contribution in [3.63, 3.8) is 0 Å². The van der Waals surface area contributed by atoms with Crippen LogP contribution >= 0.6 is 11.3 Å². The summed E-state index contributed by atoms with van der Waals surface area (Å²) in [6, 6.07) is 6.84. The summed E-state index contributed by atoms with van der Waals surface area (Å²) >= 11 is 1.56. The minimum Gasteiger partial charge on any atom is -0.487 e. The molecule has 0 aliphatic rings. The van der Waals surface area contributed by atoms with Gasteiger partial charge >= 0.3 is 5.97 Å². The molecule has 1 aromatic heterocycles. The Morgan fingerprint density at radius 2 is 2.12 bits per heavy atom. The number of ether oxygens (including phenoxy) is 1. The first-order chi connectivity index (χ1) is 11.9. The number of carbonyl (C=O) groups is 2. The van der Waals surface area contributed by atoms with E-state index in [1.54, 1.807) is 40.5 Å². The van der Waals surface area contributed by atoms with E-state index >= 15 is 0 Å². The number of benzene rings is 1. The van der Waals surface area contributed by atoms with Gasteiger partial charge in [0.1, 0.15) is 12.4 Å². The molecule has 0 aliphatic heterocycles. The predicted octanol–water partition coefficient (Wildman–Crippen LogP) is 3.36. The van der Waals surface area contributed by atoms with Crippen molar-refractivity contribution in [2.24, 2.45) is 0 Å². The van der Waals surface area contributed by atoms with Gasteiger partial charge < -0.3 is 14.7 Å². The second-order valence-corrected chi connectivity index (χ2v) is 6.97. The summed E-state index contributed by atoms with van der Waals surface area (Å²) in [5.74, 6) is -0.543. The topological polar surface area (TPSA) is 79.7 Å². The fourth-order valence-corrected chi connectivity index (χ4v) is 2.92. The summed E-state index contributed by atoms with van der Waals surface area (Å²) in [6.07, 6.45) is -0.0801. The molecule has 25 heavy (non-hydrogen) atoms. The van der Waals surface area contributed by atoms with E-state index in [1.165, 1.54) is 0 Å². The highest BCUT2D eigenvalue weighted by Crippen LogP contribution is 2.18. The molecule has 2 rings (SSSR count). The Bertz CT molecular complexity index is 742. The molecule has 0 atom stereocenters. The van der Waals surface area contributed by atoms with Crippen LogP contribution in [-0.2, 0) is 11.4 Å². The molecule has 6 nitrogen and oxygen atoms in total. The molecule has 1 amide bonds. The minimum atomic E-state index is -0.922. The van der Waals surface area contributed by atoms with Crippen molar-refractivity contribution in [3.05, 3.63) is 45.9 Å². The molecule has 0 unspecified atom stereocenters. The minimum absolute atomic E-state index is 0.0801. The molecule has 7 heteroatoms. The van der Waals surface area contributed by atoms with Crippen LogP contribution < -0.4 is 4.74 Å². The number of carbonyl (C=O) groups excluding carboxylic acids is 1. The maximum atomic E-state index is 12.7. The molecule has 0 fully saturated rings. The highest BCUT2D eigenvalue weighted by atomic mass is 32.1. The summed E-state index contributed by atoms with van der Waals surface area (Å²) in [5, 5.41) is 11.8. The van der Waals surface area contributed by atoms with Gasteiger partial charge in [-0.05, 0) is 39.0 Å². The van der Waals surface area contributed by atoms with Crippen LogP contribution in [0.2, 0.25) is 0 Å². The maximum Gasteiger partial charge on any atom is 0.305 e. The molecule has 1 aromatic carbocycles. The summed E-state index contributed by atoms with van der Waals surface area (Å²) in [4.78, 5) is 29.4. The number of carboxylic acids is 1. The molecular formula is C18H22N2O4S. The normalized spacial score (nSPS) is 10.7. The third-order valence-electron chi connectivity index (χ3n) is 3.59. The van der Waals surface area contributed by atoms with E-state index in [2.05, 4.69) is 4.98 Å². The van der Waals surface area contributed by atoms with Crippen LogP contribution in [0.15, 0.2) is 29.6 Å². The summed E-state index contributed by atoms with van der Waals surface area (Å²) in [6.45, 7) is 6.18. The molecule has 0 spiro atoms. The molecule has 1 N–H and O–H groups in total. The van der Waals surface area contributed by atoms with E-state index < -0.39 is 5.97 Å². The number of thiazole rings is 1. The zero-order chi connectivity index (χ0) is 18.4. The first kappa shape index (κ1) is 18.9. The molecule has 134 valence electrons. The number of rotatable bonds is 8. The first-order valence-electron chi connectivity index (χ1n) is 8.03. The van der Waals surface area contributed by atoms with Crippen LogP contribution in [-0.4, -0.2) is 39.5 Å². The Morgan fingerprint density at radius 1 is 1.36 bits per heavy atom. The van der Waals surface area contributed by atoms with Gasteiger partial charge in [-0.25, -0.2) is 4.98 Å². The van der Waals surface area contributed by atoms with Crippen molar-refractivity contribution in [2.45, 2.75) is 39.8 Å². The lowest BCUT2D eigenvalue weighted by Crippen LogP contribution is -2.38. The Labute approximate surface area is 151 Å². The number of nitrogens with zero attached hydrogens (tertiary/aromatic N) is 2. The van der Waals surface area contributed by atoms with Crippen LogP contribution in [0.5, 0.6) is 5.75 Å². The summed E-state index contributed by atoms with van der Waals surface area (Å²) in [5.41, 5.74) is 1.33. The second kappa shape index (κ2) is 8.62. The molecule has 2 aromatic rings. The molecule has 0 saturated carbocycles. The number of hydrogen-bond acceptors (Lipinski definition) is 5. The highest BCUT2D eigenvalue weighted by Gasteiger charge is 2.20. The molecule has 0 aliphatic carbocycles. The lowest BCUT2D eigenvalue weighted by atomic mass is 10.1. The standard InChI is InChI=1S/C18H22N2O4S/c1-12(2)20(8-7-17(21)22)18(23)14-5-4-6-16(9-14)24-10-15-11-25-13(3)19-15/h4-6,9,11-12H,7-8,10H2,1-3H3,(H,21,22). The Kier molecular flexibility index (Phi) is 6.52. The van der Waals surface area contributed by atoms with E-state index in [0.717, 1.165) is 10.7 Å². The number of hydrogen-bond donors (Lipinski definition) is 1. The van der Waals surface area contributed by atoms with Crippen LogP contribution in [0.1, 0.15) is 41.3 Å². The number of amides is 1. The monoisotopic (exact) mass is 362 g/mol. The van der Waals surface area contributed by atoms with Gasteiger partial charge in [0.15, 0.2) is 0 Å². The number of carboxylic acid groups (broad SMARTS) is 1. The van der Waals surface area contributed by atoms with Crippen molar-refractivity contribution in [3.8, 4) is 5.75 Å². The van der Waals surface area contributed by atoms with Gasteiger partial charge in [0.05, 0.1) is 17.1 Å². The van der Waals surface area contributed by atoms with E-state index in [4.69, 9.17) is 9.84 Å². The van der Waals surface area contributed by atoms with Crippen molar-refractivity contribution < 1.29 is 19.4 Å². The summed E-state index contributed by atoms with van der Waals surface area (Å²) in [7, 11) is 0. The van der Waals surface area contributed by atoms with Crippen LogP contribution in [0.25, 0.3) is 0 Å². The quantitative estimate of drug-likeness (QED) is 0.779. The van der Waals surface area contributed by atoms with Gasteiger partial charge in [-0.1, -0.05) is 6.07 Å². The van der Waals surface area contributed by atoms with Crippen molar-refractivity contribution in [1.82, 2.24) is 9.88 Å². The SMILES string of the molecule is Cc1nc(COc2cccc(C(=O)N(CCC(=O)O)C(C)C)c2)cs1. The van der Waals surface area contributed by atoms with E-state index in [-0.39, 0.29) is 24.9 Å². The fourth-order valence-electron chi connectivity index (χ4n) is 2.33. The smallest absolute Gasteiger partial charge is 0.305 e. The number of aliphatic carboxylic acids is 1. The van der Waals surface area contributed by atoms with Crippen LogP contribution in [0.3, 0.4) is 0 Å². The van der Waals surface area contributed by atoms with Gasteiger partial charge in [-0.2, -0.15) is 0 Å². The molecule has 0 saturated heterocycles. The molecule has 1 heterocycles. The largest absolute Gasteiger partial charge is 0.487 e. The molecular weight excluding hydrogens is 340 g/mol. The Hall–Kier alpha value is -2.41. The summed E-state index contributed by atoms with van der Waals surface area (Å²) < 4.78 is 5.71. The fraction of sp³-hybridized carbons (Fsp3) is 0.389.